The van der Waals surface area contributed by atoms with E-state index in [4.69, 9.17) is 14.2 Å². The molecule has 1 aromatic carbocycles. The summed E-state index contributed by atoms with van der Waals surface area (Å²) in [5.74, 6) is 1.11. The first-order chi connectivity index (χ1) is 13.5. The molecule has 2 fully saturated rings. The zero-order valence-corrected chi connectivity index (χ0v) is 16.6. The number of rotatable bonds is 5. The van der Waals surface area contributed by atoms with Gasteiger partial charge in [-0.1, -0.05) is 6.07 Å². The van der Waals surface area contributed by atoms with Crippen LogP contribution in [0.5, 0.6) is 11.5 Å². The summed E-state index contributed by atoms with van der Waals surface area (Å²) < 4.78 is 42.8. The molecular weight excluding hydrogens is 386 g/mol. The Labute approximate surface area is 164 Å². The smallest absolute Gasteiger partial charge is 0.322 e. The van der Waals surface area contributed by atoms with Crippen LogP contribution in [-0.4, -0.2) is 81.5 Å². The number of esters is 1. The molecule has 0 saturated carbocycles. The van der Waals surface area contributed by atoms with Gasteiger partial charge in [-0.25, -0.2) is 8.42 Å². The van der Waals surface area contributed by atoms with Crippen LogP contribution in [0.4, 0.5) is 0 Å². The summed E-state index contributed by atoms with van der Waals surface area (Å²) in [4.78, 5) is 13.9. The minimum Gasteiger partial charge on any atom is -0.468 e. The van der Waals surface area contributed by atoms with Crippen molar-refractivity contribution in [2.24, 2.45) is 0 Å². The Morgan fingerprint density at radius 1 is 1.21 bits per heavy atom. The molecule has 154 valence electrons. The largest absolute Gasteiger partial charge is 0.468 e. The number of ether oxygens (including phenoxy) is 3. The Kier molecular flexibility index (Phi) is 5.46. The van der Waals surface area contributed by atoms with Crippen molar-refractivity contribution in [1.82, 2.24) is 14.5 Å². The number of hydrogen-bond donors (Lipinski definition) is 1. The lowest BCUT2D eigenvalue weighted by Gasteiger charge is -2.35. The molecule has 3 aliphatic rings. The molecule has 3 heterocycles. The first kappa shape index (κ1) is 19.4. The maximum Gasteiger partial charge on any atom is 0.322 e. The van der Waals surface area contributed by atoms with Gasteiger partial charge in [-0.3, -0.25) is 9.69 Å². The van der Waals surface area contributed by atoms with Gasteiger partial charge in [0.25, 0.3) is 0 Å². The summed E-state index contributed by atoms with van der Waals surface area (Å²) in [7, 11) is -2.13. The van der Waals surface area contributed by atoms with Crippen molar-refractivity contribution >= 4 is 16.0 Å². The summed E-state index contributed by atoms with van der Waals surface area (Å²) in [6.45, 7) is 3.49. The van der Waals surface area contributed by atoms with Crippen LogP contribution in [0.25, 0.3) is 0 Å². The number of carbonyl (C=O) groups excluding carboxylic acids is 1. The number of sulfonamides is 1. The molecule has 28 heavy (non-hydrogen) atoms. The molecule has 9 nitrogen and oxygen atoms in total. The maximum atomic E-state index is 12.9. The fourth-order valence-corrected chi connectivity index (χ4v) is 5.74. The molecule has 10 heteroatoms. The van der Waals surface area contributed by atoms with E-state index in [0.29, 0.717) is 26.2 Å². The van der Waals surface area contributed by atoms with Crippen molar-refractivity contribution < 1.29 is 27.4 Å². The van der Waals surface area contributed by atoms with Gasteiger partial charge in [0.1, 0.15) is 6.04 Å². The number of carbonyl (C=O) groups is 1. The first-order valence-corrected chi connectivity index (χ1v) is 10.9. The number of hydrogen-bond acceptors (Lipinski definition) is 8. The molecule has 2 unspecified atom stereocenters. The molecule has 4 rings (SSSR count). The number of methoxy groups -OCH3 is 1. The number of benzene rings is 1. The summed E-state index contributed by atoms with van der Waals surface area (Å²) in [6, 6.07) is 5.34. The molecular formula is C18H25N3O6S. The van der Waals surface area contributed by atoms with Crippen LogP contribution in [0.15, 0.2) is 18.2 Å². The zero-order chi connectivity index (χ0) is 19.7. The minimum atomic E-state index is -3.44. The molecule has 1 aromatic rings. The molecule has 2 saturated heterocycles. The molecule has 3 aliphatic heterocycles. The monoisotopic (exact) mass is 411 g/mol. The third-order valence-corrected chi connectivity index (χ3v) is 7.82. The standard InChI is InChI=1S/C18H25N3O6S/c1-25-18(22)15-9-14(10-19-15)28(23,24)21-6-4-20(5-7-21)11-13-2-3-16-17(8-13)27-12-26-16/h2-3,8,14-15,19H,4-7,9-12H2,1H3. The van der Waals surface area contributed by atoms with E-state index < -0.39 is 27.3 Å². The van der Waals surface area contributed by atoms with Gasteiger partial charge in [-0.05, 0) is 24.1 Å². The highest BCUT2D eigenvalue weighted by Gasteiger charge is 2.41. The van der Waals surface area contributed by atoms with E-state index in [0.717, 1.165) is 23.6 Å². The second-order valence-corrected chi connectivity index (χ2v) is 9.46. The molecule has 0 radical (unpaired) electrons. The normalized spacial score (nSPS) is 25.8. The molecule has 0 amide bonds. The Hall–Kier alpha value is -1.88. The highest BCUT2D eigenvalue weighted by molar-refractivity contribution is 7.89. The first-order valence-electron chi connectivity index (χ1n) is 9.38. The average Bonchev–Trinajstić information content (AvgIpc) is 3.37. The quantitative estimate of drug-likeness (QED) is 0.664. The van der Waals surface area contributed by atoms with Crippen molar-refractivity contribution in [2.45, 2.75) is 24.3 Å². The predicted molar refractivity (Wildman–Crippen MR) is 101 cm³/mol. The Morgan fingerprint density at radius 3 is 2.71 bits per heavy atom. The van der Waals surface area contributed by atoms with Crippen LogP contribution < -0.4 is 14.8 Å². The lowest BCUT2D eigenvalue weighted by atomic mass is 10.2. The second kappa shape index (κ2) is 7.86. The second-order valence-electron chi connectivity index (χ2n) is 7.25. The third kappa shape index (κ3) is 3.82. The fraction of sp³-hybridized carbons (Fsp3) is 0.611. The summed E-state index contributed by atoms with van der Waals surface area (Å²) in [6.07, 6.45) is 0.256. The van der Waals surface area contributed by atoms with Gasteiger partial charge in [-0.2, -0.15) is 4.31 Å². The van der Waals surface area contributed by atoms with Gasteiger partial charge in [0.2, 0.25) is 16.8 Å². The van der Waals surface area contributed by atoms with Crippen LogP contribution in [0, 0.1) is 0 Å². The van der Waals surface area contributed by atoms with Gasteiger partial charge in [0.05, 0.1) is 12.4 Å². The van der Waals surface area contributed by atoms with Crippen molar-refractivity contribution in [1.29, 1.82) is 0 Å². The van der Waals surface area contributed by atoms with Crippen LogP contribution in [0.2, 0.25) is 0 Å². The van der Waals surface area contributed by atoms with Gasteiger partial charge in [-0.15, -0.1) is 0 Å². The lowest BCUT2D eigenvalue weighted by Crippen LogP contribution is -2.51. The third-order valence-electron chi connectivity index (χ3n) is 5.53. The SMILES string of the molecule is COC(=O)C1CC(S(=O)(=O)N2CCN(Cc3ccc4c(c3)OCO4)CC2)CN1. The topological polar surface area (TPSA) is 97.4 Å². The van der Waals surface area contributed by atoms with E-state index in [1.54, 1.807) is 4.31 Å². The Balaban J connectivity index is 1.32. The summed E-state index contributed by atoms with van der Waals surface area (Å²) >= 11 is 0. The molecule has 2 atom stereocenters. The highest BCUT2D eigenvalue weighted by atomic mass is 32.2. The maximum absolute atomic E-state index is 12.9. The molecule has 1 N–H and O–H groups in total. The van der Waals surface area contributed by atoms with E-state index in [1.807, 2.05) is 18.2 Å². The fourth-order valence-electron chi connectivity index (χ4n) is 3.90. The zero-order valence-electron chi connectivity index (χ0n) is 15.8. The highest BCUT2D eigenvalue weighted by Crippen LogP contribution is 2.33. The molecule has 0 spiro atoms. The van der Waals surface area contributed by atoms with Gasteiger partial charge in [0.15, 0.2) is 11.5 Å². The van der Waals surface area contributed by atoms with Gasteiger partial charge < -0.3 is 19.5 Å². The molecule has 0 aliphatic carbocycles. The van der Waals surface area contributed by atoms with Crippen LogP contribution in [-0.2, 0) is 26.1 Å². The van der Waals surface area contributed by atoms with E-state index in [2.05, 4.69) is 10.2 Å². The van der Waals surface area contributed by atoms with Crippen molar-refractivity contribution in [2.75, 3.05) is 46.6 Å². The average molecular weight is 411 g/mol. The number of piperazine rings is 1. The van der Waals surface area contributed by atoms with Crippen molar-refractivity contribution in [3.63, 3.8) is 0 Å². The number of nitrogens with zero attached hydrogens (tertiary/aromatic N) is 2. The van der Waals surface area contributed by atoms with Gasteiger partial charge in [0, 0.05) is 39.3 Å². The van der Waals surface area contributed by atoms with Crippen molar-refractivity contribution in [3.8, 4) is 11.5 Å². The number of nitrogens with one attached hydrogen (secondary N) is 1. The summed E-state index contributed by atoms with van der Waals surface area (Å²) in [5, 5.41) is 2.37. The van der Waals surface area contributed by atoms with Crippen molar-refractivity contribution in [3.05, 3.63) is 23.8 Å². The minimum absolute atomic E-state index is 0.252. The lowest BCUT2D eigenvalue weighted by molar-refractivity contribution is -0.142. The van der Waals surface area contributed by atoms with E-state index in [1.165, 1.54) is 7.11 Å². The van der Waals surface area contributed by atoms with E-state index in [-0.39, 0.29) is 19.8 Å². The van der Waals surface area contributed by atoms with Gasteiger partial charge >= 0.3 is 5.97 Å². The predicted octanol–water partition coefficient (Wildman–Crippen LogP) is -0.234. The Morgan fingerprint density at radius 2 is 1.96 bits per heavy atom. The number of fused-ring (bicyclic) bond motifs is 1. The van der Waals surface area contributed by atoms with Crippen LogP contribution >= 0.6 is 0 Å². The Bertz CT molecular complexity index is 838. The molecule has 0 aromatic heterocycles. The van der Waals surface area contributed by atoms with E-state index >= 15 is 0 Å². The van der Waals surface area contributed by atoms with E-state index in [9.17, 15) is 13.2 Å². The van der Waals surface area contributed by atoms with Crippen LogP contribution in [0.1, 0.15) is 12.0 Å². The molecule has 0 bridgehead atoms. The summed E-state index contributed by atoms with van der Waals surface area (Å²) in [5.41, 5.74) is 1.11. The van der Waals surface area contributed by atoms with Crippen LogP contribution in [0.3, 0.4) is 0 Å².